The third-order valence-corrected chi connectivity index (χ3v) is 5.58. The van der Waals surface area contributed by atoms with E-state index in [2.05, 4.69) is 25.6 Å². The van der Waals surface area contributed by atoms with Gasteiger partial charge >= 0.3 is 6.03 Å². The van der Waals surface area contributed by atoms with Crippen molar-refractivity contribution in [1.82, 2.24) is 25.1 Å². The van der Waals surface area contributed by atoms with Gasteiger partial charge in [-0.15, -0.1) is 0 Å². The van der Waals surface area contributed by atoms with E-state index in [0.717, 1.165) is 0 Å². The molecule has 2 atom stereocenters. The molecular formula is C21H22ClN7O3. The fraction of sp³-hybridized carbons (Fsp3) is 0.333. The topological polar surface area (TPSA) is 120 Å². The molecule has 2 aromatic heterocycles. The van der Waals surface area contributed by atoms with Crippen LogP contribution in [0, 0.1) is 0 Å². The van der Waals surface area contributed by atoms with E-state index in [1.165, 1.54) is 11.1 Å². The van der Waals surface area contributed by atoms with Crippen molar-refractivity contribution in [3.8, 4) is 0 Å². The zero-order chi connectivity index (χ0) is 22.8. The molecular weight excluding hydrogens is 434 g/mol. The molecule has 0 saturated carbocycles. The molecule has 0 radical (unpaired) electrons. The van der Waals surface area contributed by atoms with Crippen LogP contribution in [-0.4, -0.2) is 75.2 Å². The molecule has 2 N–H and O–H groups in total. The van der Waals surface area contributed by atoms with Crippen molar-refractivity contribution in [2.45, 2.75) is 26.1 Å². The molecule has 0 aliphatic carbocycles. The number of hydrogen-bond acceptors (Lipinski definition) is 8. The SMILES string of the molecule is CCN1C(=O)C2NC(c3ccc(NCC(=O)c4ccc(Cl)nc4)nc3)=NC2N(CC)C1=O. The summed E-state index contributed by atoms with van der Waals surface area (Å²) in [6, 6.07) is 5.74. The maximum absolute atomic E-state index is 12.7. The van der Waals surface area contributed by atoms with E-state index in [1.54, 1.807) is 42.3 Å². The first-order valence-corrected chi connectivity index (χ1v) is 10.6. The van der Waals surface area contributed by atoms with Gasteiger partial charge in [-0.25, -0.2) is 19.8 Å². The number of anilines is 1. The number of urea groups is 1. The van der Waals surface area contributed by atoms with Gasteiger partial charge in [-0.3, -0.25) is 19.4 Å². The van der Waals surface area contributed by atoms with Crippen LogP contribution in [0.4, 0.5) is 10.6 Å². The first kappa shape index (κ1) is 21.7. The maximum atomic E-state index is 12.7. The predicted molar refractivity (Wildman–Crippen MR) is 119 cm³/mol. The molecule has 4 rings (SSSR count). The van der Waals surface area contributed by atoms with E-state index in [4.69, 9.17) is 11.6 Å². The van der Waals surface area contributed by atoms with Crippen LogP contribution in [0.25, 0.3) is 0 Å². The Bertz CT molecular complexity index is 1070. The summed E-state index contributed by atoms with van der Waals surface area (Å²) in [6.07, 6.45) is 2.44. The lowest BCUT2D eigenvalue weighted by Gasteiger charge is -2.39. The lowest BCUT2D eigenvalue weighted by atomic mass is 10.1. The number of pyridine rings is 2. The number of Topliss-reactive ketones (excluding diaryl/α,β-unsaturated/α-hetero) is 1. The number of halogens is 1. The van der Waals surface area contributed by atoms with Gasteiger partial charge in [-0.2, -0.15) is 0 Å². The van der Waals surface area contributed by atoms with Crippen molar-refractivity contribution in [2.24, 2.45) is 4.99 Å². The second-order valence-corrected chi connectivity index (χ2v) is 7.63. The fourth-order valence-corrected chi connectivity index (χ4v) is 3.77. The molecule has 4 heterocycles. The molecule has 3 amide bonds. The molecule has 0 spiro atoms. The highest BCUT2D eigenvalue weighted by Gasteiger charge is 2.48. The Labute approximate surface area is 189 Å². The molecule has 2 aliphatic rings. The number of carbonyl (C=O) groups is 3. The second-order valence-electron chi connectivity index (χ2n) is 7.24. The van der Waals surface area contributed by atoms with E-state index in [9.17, 15) is 14.4 Å². The normalized spacial score (nSPS) is 20.0. The fourth-order valence-electron chi connectivity index (χ4n) is 3.66. The number of ketones is 1. The average Bonchev–Trinajstić information content (AvgIpc) is 3.24. The van der Waals surface area contributed by atoms with Crippen LogP contribution >= 0.6 is 11.6 Å². The number of nitrogens with zero attached hydrogens (tertiary/aromatic N) is 5. The molecule has 1 saturated heterocycles. The van der Waals surface area contributed by atoms with Crippen LogP contribution in [0.5, 0.6) is 0 Å². The molecule has 0 bridgehead atoms. The van der Waals surface area contributed by atoms with Crippen molar-refractivity contribution in [3.63, 3.8) is 0 Å². The van der Waals surface area contributed by atoms with E-state index in [0.29, 0.717) is 41.0 Å². The molecule has 1 fully saturated rings. The number of aromatic nitrogens is 2. The number of rotatable bonds is 7. The Kier molecular flexibility index (Phi) is 6.04. The van der Waals surface area contributed by atoms with E-state index in [1.807, 2.05) is 6.92 Å². The number of amidine groups is 1. The summed E-state index contributed by atoms with van der Waals surface area (Å²) in [5.74, 6) is 0.584. The number of carbonyl (C=O) groups excluding carboxylic acids is 3. The number of aliphatic imine (C=N–C) groups is 1. The summed E-state index contributed by atoms with van der Waals surface area (Å²) in [7, 11) is 0. The molecule has 2 aromatic rings. The quantitative estimate of drug-likeness (QED) is 0.482. The van der Waals surface area contributed by atoms with Gasteiger partial charge in [-0.1, -0.05) is 11.6 Å². The molecule has 2 aliphatic heterocycles. The number of nitrogens with one attached hydrogen (secondary N) is 2. The van der Waals surface area contributed by atoms with E-state index in [-0.39, 0.29) is 24.3 Å². The number of imide groups is 1. The molecule has 10 nitrogen and oxygen atoms in total. The Morgan fingerprint density at radius 2 is 1.94 bits per heavy atom. The van der Waals surface area contributed by atoms with Gasteiger partial charge in [0, 0.05) is 36.6 Å². The summed E-state index contributed by atoms with van der Waals surface area (Å²) in [6.45, 7) is 4.43. The smallest absolute Gasteiger partial charge is 0.328 e. The first-order valence-electron chi connectivity index (χ1n) is 10.2. The van der Waals surface area contributed by atoms with Crippen LogP contribution in [0.2, 0.25) is 5.15 Å². The molecule has 2 unspecified atom stereocenters. The lowest BCUT2D eigenvalue weighted by molar-refractivity contribution is -0.134. The summed E-state index contributed by atoms with van der Waals surface area (Å²) in [5, 5.41) is 6.43. The highest BCUT2D eigenvalue weighted by Crippen LogP contribution is 2.24. The Balaban J connectivity index is 1.43. The first-order chi connectivity index (χ1) is 15.4. The monoisotopic (exact) mass is 455 g/mol. The minimum atomic E-state index is -0.619. The molecule has 0 aromatic carbocycles. The van der Waals surface area contributed by atoms with Crippen molar-refractivity contribution >= 4 is 41.0 Å². The zero-order valence-electron chi connectivity index (χ0n) is 17.6. The van der Waals surface area contributed by atoms with Crippen LogP contribution in [0.15, 0.2) is 41.7 Å². The van der Waals surface area contributed by atoms with Crippen molar-refractivity contribution in [3.05, 3.63) is 52.9 Å². The van der Waals surface area contributed by atoms with Gasteiger partial charge in [0.1, 0.15) is 22.8 Å². The van der Waals surface area contributed by atoms with Crippen LogP contribution in [0.3, 0.4) is 0 Å². The number of amides is 3. The van der Waals surface area contributed by atoms with Gasteiger partial charge in [0.05, 0.1) is 6.54 Å². The van der Waals surface area contributed by atoms with Crippen LogP contribution in [0.1, 0.15) is 29.8 Å². The number of fused-ring (bicyclic) bond motifs is 1. The minimum absolute atomic E-state index is 0.0495. The zero-order valence-corrected chi connectivity index (χ0v) is 18.3. The van der Waals surface area contributed by atoms with Gasteiger partial charge in [0.25, 0.3) is 5.91 Å². The highest BCUT2D eigenvalue weighted by atomic mass is 35.5. The highest BCUT2D eigenvalue weighted by molar-refractivity contribution is 6.29. The Hall–Kier alpha value is -3.53. The van der Waals surface area contributed by atoms with Gasteiger partial charge in [0.15, 0.2) is 11.9 Å². The number of hydrogen-bond donors (Lipinski definition) is 2. The van der Waals surface area contributed by atoms with Crippen LogP contribution in [-0.2, 0) is 4.79 Å². The second kappa shape index (κ2) is 8.91. The van der Waals surface area contributed by atoms with Crippen molar-refractivity contribution in [1.29, 1.82) is 0 Å². The summed E-state index contributed by atoms with van der Waals surface area (Å²) < 4.78 is 0. The largest absolute Gasteiger partial charge is 0.363 e. The van der Waals surface area contributed by atoms with Crippen molar-refractivity contribution in [2.75, 3.05) is 25.0 Å². The van der Waals surface area contributed by atoms with Gasteiger partial charge in [0.2, 0.25) is 0 Å². The third-order valence-electron chi connectivity index (χ3n) is 5.35. The lowest BCUT2D eigenvalue weighted by Crippen LogP contribution is -2.65. The Morgan fingerprint density at radius 1 is 1.12 bits per heavy atom. The predicted octanol–water partition coefficient (Wildman–Crippen LogP) is 1.77. The van der Waals surface area contributed by atoms with Gasteiger partial charge in [-0.05, 0) is 38.1 Å². The van der Waals surface area contributed by atoms with E-state index >= 15 is 0 Å². The van der Waals surface area contributed by atoms with Gasteiger partial charge < -0.3 is 10.6 Å². The summed E-state index contributed by atoms with van der Waals surface area (Å²) >= 11 is 5.74. The van der Waals surface area contributed by atoms with Crippen LogP contribution < -0.4 is 10.6 Å². The minimum Gasteiger partial charge on any atom is -0.363 e. The summed E-state index contributed by atoms with van der Waals surface area (Å²) in [4.78, 5) is 53.1. The number of likely N-dealkylation sites (N-methyl/N-ethyl adjacent to an activating group) is 2. The average molecular weight is 456 g/mol. The maximum Gasteiger partial charge on any atom is 0.328 e. The molecule has 32 heavy (non-hydrogen) atoms. The third kappa shape index (κ3) is 4.01. The van der Waals surface area contributed by atoms with E-state index < -0.39 is 12.2 Å². The standard InChI is InChI=1S/C21H22ClN7O3/c1-3-28-19-17(20(31)29(4-2)21(28)32)26-18(27-19)13-6-8-16(24-10-13)25-11-14(30)12-5-7-15(22)23-9-12/h5-10,17,19H,3-4,11H2,1-2H3,(H,24,25)(H,26,27). The summed E-state index contributed by atoms with van der Waals surface area (Å²) in [5.41, 5.74) is 1.13. The molecule has 166 valence electrons. The van der Waals surface area contributed by atoms with Crippen molar-refractivity contribution < 1.29 is 14.4 Å². The Morgan fingerprint density at radius 3 is 2.56 bits per heavy atom. The molecule has 11 heteroatoms.